The van der Waals surface area contributed by atoms with Crippen LogP contribution in [0.3, 0.4) is 0 Å². The Balaban J connectivity index is 2.08. The third-order valence-corrected chi connectivity index (χ3v) is 4.56. The van der Waals surface area contributed by atoms with Crippen molar-refractivity contribution in [3.05, 3.63) is 29.8 Å². The molecule has 1 aromatic carbocycles. The van der Waals surface area contributed by atoms with E-state index in [-0.39, 0.29) is 0 Å². The van der Waals surface area contributed by atoms with Crippen LogP contribution in [-0.4, -0.2) is 32.3 Å². The molecule has 1 N–H and O–H groups in total. The van der Waals surface area contributed by atoms with Crippen molar-refractivity contribution in [1.29, 1.82) is 0 Å². The second-order valence-electron chi connectivity index (χ2n) is 6.00. The zero-order valence-electron chi connectivity index (χ0n) is 13.8. The summed E-state index contributed by atoms with van der Waals surface area (Å²) in [6, 6.07) is 9.36. The van der Waals surface area contributed by atoms with Gasteiger partial charge in [-0.25, -0.2) is 0 Å². The molecule has 1 aliphatic heterocycles. The number of para-hydroxylation sites is 1. The van der Waals surface area contributed by atoms with E-state index in [2.05, 4.69) is 55.3 Å². The second kappa shape index (κ2) is 8.40. The van der Waals surface area contributed by atoms with E-state index in [1.54, 1.807) is 0 Å². The number of benzene rings is 1. The van der Waals surface area contributed by atoms with E-state index in [9.17, 15) is 0 Å². The highest BCUT2D eigenvalue weighted by molar-refractivity contribution is 5.54. The van der Waals surface area contributed by atoms with Crippen LogP contribution >= 0.6 is 0 Å². The predicted octanol–water partition coefficient (Wildman–Crippen LogP) is 3.44. The number of hydrogen-bond acceptors (Lipinski definition) is 3. The van der Waals surface area contributed by atoms with Crippen LogP contribution in [0.1, 0.15) is 39.2 Å². The molecule has 1 aliphatic rings. The molecule has 21 heavy (non-hydrogen) atoms. The van der Waals surface area contributed by atoms with Gasteiger partial charge in [-0.2, -0.15) is 0 Å². The van der Waals surface area contributed by atoms with Crippen LogP contribution in [-0.2, 0) is 11.3 Å². The third-order valence-electron chi connectivity index (χ3n) is 4.56. The summed E-state index contributed by atoms with van der Waals surface area (Å²) >= 11 is 0. The van der Waals surface area contributed by atoms with Crippen molar-refractivity contribution >= 4 is 5.69 Å². The molecule has 3 heteroatoms. The Bertz CT molecular complexity index is 421. The second-order valence-corrected chi connectivity index (χ2v) is 6.00. The van der Waals surface area contributed by atoms with E-state index < -0.39 is 0 Å². The summed E-state index contributed by atoms with van der Waals surface area (Å²) in [6.45, 7) is 11.5. The smallest absolute Gasteiger partial charge is 0.0482 e. The summed E-state index contributed by atoms with van der Waals surface area (Å²) in [7, 11) is 0. The van der Waals surface area contributed by atoms with Crippen LogP contribution in [0.2, 0.25) is 0 Å². The molecule has 0 amide bonds. The van der Waals surface area contributed by atoms with Crippen LogP contribution in [0.4, 0.5) is 5.69 Å². The first-order valence-electron chi connectivity index (χ1n) is 8.40. The molecule has 2 atom stereocenters. The maximum absolute atomic E-state index is 5.50. The number of hydrogen-bond donors (Lipinski definition) is 1. The number of nitrogens with zero attached hydrogens (tertiary/aromatic N) is 1. The molecule has 2 unspecified atom stereocenters. The molecule has 0 radical (unpaired) electrons. The van der Waals surface area contributed by atoms with Gasteiger partial charge in [0.1, 0.15) is 0 Å². The monoisotopic (exact) mass is 290 g/mol. The lowest BCUT2D eigenvalue weighted by molar-refractivity contribution is 0.146. The molecular weight excluding hydrogens is 260 g/mol. The summed E-state index contributed by atoms with van der Waals surface area (Å²) in [5.41, 5.74) is 2.81. The van der Waals surface area contributed by atoms with Gasteiger partial charge in [-0.1, -0.05) is 38.5 Å². The molecule has 118 valence electrons. The number of nitrogens with one attached hydrogen (secondary N) is 1. The average Bonchev–Trinajstić information content (AvgIpc) is 2.71. The Morgan fingerprint density at radius 3 is 2.90 bits per heavy atom. The minimum atomic E-state index is 0.564. The van der Waals surface area contributed by atoms with Crippen molar-refractivity contribution in [3.8, 4) is 0 Å². The van der Waals surface area contributed by atoms with Gasteiger partial charge in [0.25, 0.3) is 0 Å². The highest BCUT2D eigenvalue weighted by Gasteiger charge is 2.24. The summed E-state index contributed by atoms with van der Waals surface area (Å²) in [5, 5.41) is 3.75. The maximum atomic E-state index is 5.50. The minimum Gasteiger partial charge on any atom is -0.382 e. The molecule has 2 rings (SSSR count). The SMILES string of the molecule is CCOCCCN1CC(C(C)CC)NCc2ccccc21. The predicted molar refractivity (Wildman–Crippen MR) is 89.8 cm³/mol. The van der Waals surface area contributed by atoms with Crippen molar-refractivity contribution in [2.45, 2.75) is 46.2 Å². The number of fused-ring (bicyclic) bond motifs is 1. The molecule has 0 aliphatic carbocycles. The molecule has 0 fully saturated rings. The largest absolute Gasteiger partial charge is 0.382 e. The summed E-state index contributed by atoms with van der Waals surface area (Å²) < 4.78 is 5.50. The van der Waals surface area contributed by atoms with E-state index >= 15 is 0 Å². The van der Waals surface area contributed by atoms with Crippen molar-refractivity contribution in [3.63, 3.8) is 0 Å². The molecule has 3 nitrogen and oxygen atoms in total. The summed E-state index contributed by atoms with van der Waals surface area (Å²) in [4.78, 5) is 2.55. The number of anilines is 1. The van der Waals surface area contributed by atoms with E-state index in [4.69, 9.17) is 4.74 Å². The first kappa shape index (κ1) is 16.3. The fourth-order valence-corrected chi connectivity index (χ4v) is 2.99. The van der Waals surface area contributed by atoms with Crippen molar-refractivity contribution in [2.75, 3.05) is 31.2 Å². The van der Waals surface area contributed by atoms with E-state index in [1.165, 1.54) is 17.7 Å². The molecular formula is C18H30N2O. The zero-order chi connectivity index (χ0) is 15.1. The fourth-order valence-electron chi connectivity index (χ4n) is 2.99. The van der Waals surface area contributed by atoms with Gasteiger partial charge in [0, 0.05) is 44.6 Å². The molecule has 1 heterocycles. The van der Waals surface area contributed by atoms with Crippen LogP contribution in [0, 0.1) is 5.92 Å². The summed E-state index contributed by atoms with van der Waals surface area (Å²) in [6.07, 6.45) is 2.32. The fraction of sp³-hybridized carbons (Fsp3) is 0.667. The van der Waals surface area contributed by atoms with Gasteiger partial charge in [-0.05, 0) is 30.9 Å². The van der Waals surface area contributed by atoms with Gasteiger partial charge in [0.2, 0.25) is 0 Å². The number of rotatable bonds is 7. The Hall–Kier alpha value is -1.06. The molecule has 0 saturated carbocycles. The highest BCUT2D eigenvalue weighted by Crippen LogP contribution is 2.25. The quantitative estimate of drug-likeness (QED) is 0.779. The van der Waals surface area contributed by atoms with Crippen LogP contribution in [0.15, 0.2) is 24.3 Å². The van der Waals surface area contributed by atoms with Gasteiger partial charge in [0.15, 0.2) is 0 Å². The maximum Gasteiger partial charge on any atom is 0.0482 e. The van der Waals surface area contributed by atoms with Crippen molar-refractivity contribution in [2.24, 2.45) is 5.92 Å². The molecule has 0 bridgehead atoms. The lowest BCUT2D eigenvalue weighted by atomic mass is 9.99. The van der Waals surface area contributed by atoms with E-state index in [1.807, 2.05) is 0 Å². The van der Waals surface area contributed by atoms with E-state index in [0.29, 0.717) is 12.0 Å². The Kier molecular flexibility index (Phi) is 6.52. The first-order chi connectivity index (χ1) is 10.3. The minimum absolute atomic E-state index is 0.564. The molecule has 0 saturated heterocycles. The molecule has 1 aromatic rings. The van der Waals surface area contributed by atoms with Gasteiger partial charge < -0.3 is 15.0 Å². The normalized spacial score (nSPS) is 20.0. The van der Waals surface area contributed by atoms with Crippen molar-refractivity contribution < 1.29 is 4.74 Å². The van der Waals surface area contributed by atoms with Crippen LogP contribution in [0.5, 0.6) is 0 Å². The van der Waals surface area contributed by atoms with Crippen LogP contribution in [0.25, 0.3) is 0 Å². The average molecular weight is 290 g/mol. The summed E-state index contributed by atoms with van der Waals surface area (Å²) in [5.74, 6) is 0.703. The third kappa shape index (κ3) is 4.45. The Morgan fingerprint density at radius 1 is 1.33 bits per heavy atom. The zero-order valence-corrected chi connectivity index (χ0v) is 13.8. The first-order valence-corrected chi connectivity index (χ1v) is 8.40. The topological polar surface area (TPSA) is 24.5 Å². The van der Waals surface area contributed by atoms with E-state index in [0.717, 1.165) is 39.3 Å². The molecule has 0 aromatic heterocycles. The standard InChI is InChI=1S/C18H30N2O/c1-4-15(3)17-14-20(11-8-12-21-5-2)18-10-7-6-9-16(18)13-19-17/h6-7,9-10,15,17,19H,4-5,8,11-14H2,1-3H3. The molecule has 0 spiro atoms. The van der Waals surface area contributed by atoms with Crippen LogP contribution < -0.4 is 10.2 Å². The lowest BCUT2D eigenvalue weighted by Gasteiger charge is -2.30. The van der Waals surface area contributed by atoms with Gasteiger partial charge in [-0.15, -0.1) is 0 Å². The van der Waals surface area contributed by atoms with Crippen molar-refractivity contribution in [1.82, 2.24) is 5.32 Å². The number of ether oxygens (including phenoxy) is 1. The van der Waals surface area contributed by atoms with Gasteiger partial charge >= 0.3 is 0 Å². The van der Waals surface area contributed by atoms with Gasteiger partial charge in [-0.3, -0.25) is 0 Å². The Morgan fingerprint density at radius 2 is 2.14 bits per heavy atom. The Labute approximate surface area is 129 Å². The van der Waals surface area contributed by atoms with Gasteiger partial charge in [0.05, 0.1) is 0 Å². The highest BCUT2D eigenvalue weighted by atomic mass is 16.5. The lowest BCUT2D eigenvalue weighted by Crippen LogP contribution is -2.42.